The number of ether oxygens (including phenoxy) is 2. The normalized spacial score (nSPS) is 19.9. The average molecular weight is 650 g/mol. The maximum atomic E-state index is 15.9. The van der Waals surface area contributed by atoms with Crippen LogP contribution in [0.15, 0.2) is 42.1 Å². The van der Waals surface area contributed by atoms with Crippen molar-refractivity contribution in [3.8, 4) is 6.07 Å². The highest BCUT2D eigenvalue weighted by atomic mass is 35.5. The highest BCUT2D eigenvalue weighted by molar-refractivity contribution is 6.31. The second kappa shape index (κ2) is 13.4. The lowest BCUT2D eigenvalue weighted by atomic mass is 9.65. The number of carbonyl (C=O) groups is 2. The Morgan fingerprint density at radius 3 is 2.36 bits per heavy atom. The fourth-order valence-electron chi connectivity index (χ4n) is 6.03. The van der Waals surface area contributed by atoms with Crippen LogP contribution in [-0.4, -0.2) is 86.3 Å². The second-order valence-electron chi connectivity index (χ2n) is 12.1. The minimum Gasteiger partial charge on any atom is -0.383 e. The van der Waals surface area contributed by atoms with E-state index in [1.165, 1.54) is 49.5 Å². The molecule has 1 saturated heterocycles. The summed E-state index contributed by atoms with van der Waals surface area (Å²) >= 11 is 12.3. The second-order valence-corrected chi connectivity index (χ2v) is 13.0. The van der Waals surface area contributed by atoms with Gasteiger partial charge in [0.15, 0.2) is 0 Å². The highest BCUT2D eigenvalue weighted by Crippen LogP contribution is 2.56. The van der Waals surface area contributed by atoms with E-state index in [0.717, 1.165) is 6.07 Å². The molecule has 8 nitrogen and oxygen atoms in total. The van der Waals surface area contributed by atoms with Crippen molar-refractivity contribution in [2.24, 2.45) is 5.41 Å². The molecule has 0 spiro atoms. The molecule has 0 radical (unpaired) electrons. The van der Waals surface area contributed by atoms with Crippen molar-refractivity contribution in [2.45, 2.75) is 38.6 Å². The lowest BCUT2D eigenvalue weighted by Crippen LogP contribution is -2.49. The number of rotatable bonds is 11. The maximum absolute atomic E-state index is 15.9. The van der Waals surface area contributed by atoms with Crippen LogP contribution in [0.2, 0.25) is 10.0 Å². The van der Waals surface area contributed by atoms with Crippen molar-refractivity contribution in [3.05, 3.63) is 74.9 Å². The highest BCUT2D eigenvalue weighted by Gasteiger charge is 2.61. The molecular weight excluding hydrogens is 613 g/mol. The van der Waals surface area contributed by atoms with Gasteiger partial charge < -0.3 is 24.2 Å². The van der Waals surface area contributed by atoms with Crippen LogP contribution in [0.3, 0.4) is 0 Å². The van der Waals surface area contributed by atoms with E-state index in [0.29, 0.717) is 32.7 Å². The van der Waals surface area contributed by atoms with Crippen LogP contribution >= 0.6 is 23.2 Å². The van der Waals surface area contributed by atoms with Crippen LogP contribution in [0.1, 0.15) is 38.3 Å². The molecular formula is C32H36Cl2F2N4O4. The standard InChI is InChI=1S/C32H36Cl2F2N4O4/c1-31(2,3)16-25-32(18-37,22-10-9-20(33)15-24(22)35)27(21-7-6-8-23(34)28(21)36)29-30(42)39(19-40(25)29)17-26(41)38(11-13-43-4)12-14-44-5/h6-10,15,25H,11-14,16-17,19H2,1-5H3/t25-,32-/m0/s1. The van der Waals surface area contributed by atoms with Gasteiger partial charge in [0, 0.05) is 49.0 Å². The fraction of sp³-hybridized carbons (Fsp3) is 0.469. The number of nitriles is 1. The van der Waals surface area contributed by atoms with Crippen LogP contribution in [0.5, 0.6) is 0 Å². The van der Waals surface area contributed by atoms with E-state index in [1.807, 2.05) is 20.8 Å². The van der Waals surface area contributed by atoms with Gasteiger partial charge in [0.1, 0.15) is 29.3 Å². The van der Waals surface area contributed by atoms with Gasteiger partial charge in [-0.25, -0.2) is 8.78 Å². The minimum atomic E-state index is -1.82. The van der Waals surface area contributed by atoms with E-state index >= 15 is 8.78 Å². The summed E-state index contributed by atoms with van der Waals surface area (Å²) in [4.78, 5) is 32.3. The summed E-state index contributed by atoms with van der Waals surface area (Å²) in [5, 5.41) is 10.9. The molecule has 0 saturated carbocycles. The zero-order valence-corrected chi connectivity index (χ0v) is 26.9. The molecule has 2 heterocycles. The quantitative estimate of drug-likeness (QED) is 0.321. The zero-order valence-electron chi connectivity index (χ0n) is 25.4. The summed E-state index contributed by atoms with van der Waals surface area (Å²) in [6, 6.07) is 9.80. The smallest absolute Gasteiger partial charge is 0.272 e. The SMILES string of the molecule is COCCN(CCOC)C(=O)CN1CN2C(=C(c3cccc(Cl)c3F)[C@@](C#N)(c3ccc(Cl)cc3F)[C@@H]2CC(C)(C)C)C1=O. The van der Waals surface area contributed by atoms with E-state index in [1.54, 1.807) is 9.80 Å². The van der Waals surface area contributed by atoms with Crippen LogP contribution in [0.25, 0.3) is 5.57 Å². The zero-order chi connectivity index (χ0) is 32.4. The Kier molecular flexibility index (Phi) is 10.3. The monoisotopic (exact) mass is 648 g/mol. The molecule has 0 N–H and O–H groups in total. The maximum Gasteiger partial charge on any atom is 0.272 e. The number of benzene rings is 2. The molecule has 2 aromatic carbocycles. The van der Waals surface area contributed by atoms with Crippen LogP contribution in [0, 0.1) is 28.4 Å². The number of carbonyl (C=O) groups excluding carboxylic acids is 2. The largest absolute Gasteiger partial charge is 0.383 e. The van der Waals surface area contributed by atoms with Gasteiger partial charge in [-0.3, -0.25) is 9.59 Å². The Morgan fingerprint density at radius 1 is 1.14 bits per heavy atom. The Balaban J connectivity index is 1.93. The minimum absolute atomic E-state index is 0.00560. The number of hydrogen-bond acceptors (Lipinski definition) is 6. The third-order valence-corrected chi connectivity index (χ3v) is 8.50. The molecule has 1 fully saturated rings. The van der Waals surface area contributed by atoms with Gasteiger partial charge in [-0.1, -0.05) is 62.2 Å². The summed E-state index contributed by atoms with van der Waals surface area (Å²) in [5.74, 6) is -2.50. The lowest BCUT2D eigenvalue weighted by molar-refractivity contribution is -0.138. The summed E-state index contributed by atoms with van der Waals surface area (Å²) in [6.45, 7) is 6.75. The van der Waals surface area contributed by atoms with Crippen molar-refractivity contribution in [2.75, 3.05) is 53.7 Å². The molecule has 0 unspecified atom stereocenters. The number of halogens is 4. The first-order valence-electron chi connectivity index (χ1n) is 14.2. The Hall–Kier alpha value is -3.23. The first-order valence-corrected chi connectivity index (χ1v) is 14.9. The topological polar surface area (TPSA) is 86.1 Å². The van der Waals surface area contributed by atoms with Crippen LogP contribution < -0.4 is 0 Å². The number of nitrogens with zero attached hydrogens (tertiary/aromatic N) is 4. The van der Waals surface area contributed by atoms with Crippen molar-refractivity contribution in [3.63, 3.8) is 0 Å². The molecule has 236 valence electrons. The Labute approximate surface area is 266 Å². The number of methoxy groups -OCH3 is 2. The lowest BCUT2D eigenvalue weighted by Gasteiger charge is -2.40. The number of hydrogen-bond donors (Lipinski definition) is 0. The molecule has 0 aliphatic carbocycles. The van der Waals surface area contributed by atoms with E-state index in [2.05, 4.69) is 6.07 Å². The van der Waals surface area contributed by atoms with Crippen LogP contribution in [-0.2, 0) is 24.5 Å². The first kappa shape index (κ1) is 33.7. The summed E-state index contributed by atoms with van der Waals surface area (Å²) in [7, 11) is 3.06. The summed E-state index contributed by atoms with van der Waals surface area (Å²) in [6.07, 6.45) is 0.320. The van der Waals surface area contributed by atoms with Crippen molar-refractivity contribution >= 4 is 40.6 Å². The number of fused-ring (bicyclic) bond motifs is 1. The Morgan fingerprint density at radius 2 is 1.80 bits per heavy atom. The molecule has 2 aromatic rings. The molecule has 2 atom stereocenters. The summed E-state index contributed by atoms with van der Waals surface area (Å²) in [5.41, 5.74) is -2.32. The van der Waals surface area contributed by atoms with E-state index in [4.69, 9.17) is 32.7 Å². The number of amides is 2. The molecule has 44 heavy (non-hydrogen) atoms. The molecule has 2 aliphatic rings. The third-order valence-electron chi connectivity index (χ3n) is 7.98. The van der Waals surface area contributed by atoms with Crippen molar-refractivity contribution in [1.82, 2.24) is 14.7 Å². The third kappa shape index (κ3) is 6.29. The van der Waals surface area contributed by atoms with Gasteiger partial charge in [-0.2, -0.15) is 5.26 Å². The molecule has 2 aliphatic heterocycles. The average Bonchev–Trinajstić information content (AvgIpc) is 3.40. The molecule has 0 aromatic heterocycles. The van der Waals surface area contributed by atoms with Gasteiger partial charge in [-0.05, 0) is 30.0 Å². The molecule has 0 bridgehead atoms. The van der Waals surface area contributed by atoms with Gasteiger partial charge >= 0.3 is 0 Å². The summed E-state index contributed by atoms with van der Waals surface area (Å²) < 4.78 is 42.0. The van der Waals surface area contributed by atoms with Gasteiger partial charge in [0.05, 0.1) is 37.0 Å². The molecule has 2 amide bonds. The van der Waals surface area contributed by atoms with Gasteiger partial charge in [0.2, 0.25) is 5.91 Å². The van der Waals surface area contributed by atoms with E-state index in [-0.39, 0.29) is 51.6 Å². The predicted molar refractivity (Wildman–Crippen MR) is 164 cm³/mol. The van der Waals surface area contributed by atoms with Gasteiger partial charge in [0.25, 0.3) is 5.91 Å². The Bertz CT molecular complexity index is 1500. The van der Waals surface area contributed by atoms with E-state index < -0.39 is 34.4 Å². The first-order chi connectivity index (χ1) is 20.8. The fourth-order valence-corrected chi connectivity index (χ4v) is 6.36. The van der Waals surface area contributed by atoms with Gasteiger partial charge in [-0.15, -0.1) is 0 Å². The predicted octanol–water partition coefficient (Wildman–Crippen LogP) is 5.49. The molecule has 4 rings (SSSR count). The van der Waals surface area contributed by atoms with Crippen molar-refractivity contribution < 1.29 is 27.8 Å². The molecule has 12 heteroatoms. The van der Waals surface area contributed by atoms with Crippen molar-refractivity contribution in [1.29, 1.82) is 5.26 Å². The van der Waals surface area contributed by atoms with Crippen LogP contribution in [0.4, 0.5) is 8.78 Å². The van der Waals surface area contributed by atoms with E-state index in [9.17, 15) is 14.9 Å².